The molecule has 6 nitrogen and oxygen atoms in total. The van der Waals surface area contributed by atoms with Gasteiger partial charge in [-0.15, -0.1) is 0 Å². The number of aromatic carboxylic acids is 1. The van der Waals surface area contributed by atoms with E-state index in [0.717, 1.165) is 24.4 Å². The van der Waals surface area contributed by atoms with Crippen LogP contribution in [-0.2, 0) is 0 Å². The number of piperidine rings is 1. The third-order valence-electron chi connectivity index (χ3n) is 5.61. The number of rotatable bonds is 2. The maximum absolute atomic E-state index is 11.2. The summed E-state index contributed by atoms with van der Waals surface area (Å²) in [5, 5.41) is 9.22. The molecule has 1 aliphatic heterocycles. The lowest BCUT2D eigenvalue weighted by atomic mass is 9.94. The Morgan fingerprint density at radius 1 is 1.21 bits per heavy atom. The van der Waals surface area contributed by atoms with E-state index < -0.39 is 5.97 Å². The summed E-state index contributed by atoms with van der Waals surface area (Å²) in [6, 6.07) is 5.65. The molecule has 0 aromatic carbocycles. The van der Waals surface area contributed by atoms with Crippen LogP contribution >= 0.6 is 0 Å². The van der Waals surface area contributed by atoms with Gasteiger partial charge in [0.25, 0.3) is 0 Å². The van der Waals surface area contributed by atoms with Crippen LogP contribution in [0.15, 0.2) is 30.6 Å². The van der Waals surface area contributed by atoms with Crippen LogP contribution in [0.3, 0.4) is 0 Å². The molecule has 3 aromatic rings. The zero-order valence-corrected chi connectivity index (χ0v) is 13.3. The zero-order chi connectivity index (χ0) is 16.3. The highest BCUT2D eigenvalue weighted by Gasteiger charge is 2.44. The van der Waals surface area contributed by atoms with Gasteiger partial charge >= 0.3 is 5.97 Å². The molecule has 1 saturated heterocycles. The van der Waals surface area contributed by atoms with E-state index in [2.05, 4.69) is 16.0 Å². The van der Waals surface area contributed by atoms with Gasteiger partial charge in [-0.05, 0) is 49.3 Å². The predicted molar refractivity (Wildman–Crippen MR) is 90.6 cm³/mol. The van der Waals surface area contributed by atoms with Gasteiger partial charge in [0.2, 0.25) is 0 Å². The van der Waals surface area contributed by atoms with Crippen molar-refractivity contribution in [2.45, 2.75) is 25.7 Å². The molecule has 0 radical (unpaired) electrons. The molecule has 1 saturated carbocycles. The second-order valence-corrected chi connectivity index (χ2v) is 7.06. The summed E-state index contributed by atoms with van der Waals surface area (Å²) < 4.78 is 2.00. The quantitative estimate of drug-likeness (QED) is 0.785. The van der Waals surface area contributed by atoms with Crippen molar-refractivity contribution in [3.05, 3.63) is 36.2 Å². The molecule has 2 aliphatic rings. The second-order valence-electron chi connectivity index (χ2n) is 7.06. The number of carbonyl (C=O) groups is 1. The SMILES string of the molecule is O=C(O)c1cnc2c(c1)nc(N1CCC3(CC1)CC3)c1cccn12. The van der Waals surface area contributed by atoms with Crippen molar-refractivity contribution in [2.75, 3.05) is 18.0 Å². The molecule has 3 aromatic heterocycles. The van der Waals surface area contributed by atoms with Crippen molar-refractivity contribution in [3.63, 3.8) is 0 Å². The van der Waals surface area contributed by atoms with E-state index in [4.69, 9.17) is 4.98 Å². The first-order valence-electron chi connectivity index (χ1n) is 8.40. The van der Waals surface area contributed by atoms with E-state index in [9.17, 15) is 9.90 Å². The summed E-state index contributed by atoms with van der Waals surface area (Å²) in [4.78, 5) is 22.7. The highest BCUT2D eigenvalue weighted by molar-refractivity contribution is 5.92. The predicted octanol–water partition coefficient (Wildman–Crippen LogP) is 2.96. The molecule has 1 N–H and O–H groups in total. The molecule has 6 heteroatoms. The molecule has 0 unspecified atom stereocenters. The van der Waals surface area contributed by atoms with Crippen LogP contribution in [0.25, 0.3) is 16.7 Å². The fraction of sp³-hybridized carbons (Fsp3) is 0.389. The highest BCUT2D eigenvalue weighted by Crippen LogP contribution is 2.54. The number of pyridine rings is 1. The van der Waals surface area contributed by atoms with E-state index in [0.29, 0.717) is 16.6 Å². The average Bonchev–Trinajstić information content (AvgIpc) is 3.16. The first-order valence-corrected chi connectivity index (χ1v) is 8.40. The Balaban J connectivity index is 1.65. The lowest BCUT2D eigenvalue weighted by Gasteiger charge is -2.33. The molecular formula is C18H18N4O2. The fourth-order valence-corrected chi connectivity index (χ4v) is 3.85. The number of hydrogen-bond donors (Lipinski definition) is 1. The third kappa shape index (κ3) is 1.99. The number of carboxylic acids is 1. The van der Waals surface area contributed by atoms with E-state index >= 15 is 0 Å². The topological polar surface area (TPSA) is 70.7 Å². The average molecular weight is 322 g/mol. The molecule has 24 heavy (non-hydrogen) atoms. The number of fused-ring (bicyclic) bond motifs is 3. The smallest absolute Gasteiger partial charge is 0.337 e. The largest absolute Gasteiger partial charge is 0.478 e. The van der Waals surface area contributed by atoms with Crippen LogP contribution in [0.5, 0.6) is 0 Å². The maximum Gasteiger partial charge on any atom is 0.337 e. The molecule has 0 bridgehead atoms. The normalized spacial score (nSPS) is 19.2. The van der Waals surface area contributed by atoms with E-state index in [-0.39, 0.29) is 5.56 Å². The van der Waals surface area contributed by atoms with Crippen molar-refractivity contribution >= 4 is 28.5 Å². The number of nitrogens with zero attached hydrogens (tertiary/aromatic N) is 4. The Hall–Kier alpha value is -2.63. The van der Waals surface area contributed by atoms with Crippen molar-refractivity contribution in [3.8, 4) is 0 Å². The minimum Gasteiger partial charge on any atom is -0.478 e. The van der Waals surface area contributed by atoms with E-state index in [1.807, 2.05) is 16.7 Å². The molecule has 5 rings (SSSR count). The lowest BCUT2D eigenvalue weighted by molar-refractivity contribution is 0.0696. The van der Waals surface area contributed by atoms with Gasteiger partial charge in [0.1, 0.15) is 5.52 Å². The monoisotopic (exact) mass is 322 g/mol. The van der Waals surface area contributed by atoms with Gasteiger partial charge in [0.15, 0.2) is 11.5 Å². The Morgan fingerprint density at radius 3 is 2.71 bits per heavy atom. The van der Waals surface area contributed by atoms with Gasteiger partial charge < -0.3 is 10.0 Å². The van der Waals surface area contributed by atoms with Gasteiger partial charge in [0, 0.05) is 25.5 Å². The molecule has 0 atom stereocenters. The third-order valence-corrected chi connectivity index (χ3v) is 5.61. The Bertz CT molecular complexity index is 964. The number of hydrogen-bond acceptors (Lipinski definition) is 4. The molecule has 1 aliphatic carbocycles. The van der Waals surface area contributed by atoms with Gasteiger partial charge in [0.05, 0.1) is 11.1 Å². The first-order chi connectivity index (χ1) is 11.7. The summed E-state index contributed by atoms with van der Waals surface area (Å²) in [7, 11) is 0. The van der Waals surface area contributed by atoms with Crippen molar-refractivity contribution in [1.82, 2.24) is 14.4 Å². The first kappa shape index (κ1) is 13.8. The molecule has 1 spiro atoms. The highest BCUT2D eigenvalue weighted by atomic mass is 16.4. The van der Waals surface area contributed by atoms with Gasteiger partial charge in [-0.3, -0.25) is 4.40 Å². The van der Waals surface area contributed by atoms with Crippen LogP contribution in [0.4, 0.5) is 5.82 Å². The van der Waals surface area contributed by atoms with Crippen LogP contribution in [-0.4, -0.2) is 38.5 Å². The van der Waals surface area contributed by atoms with Gasteiger partial charge in [-0.25, -0.2) is 14.8 Å². The van der Waals surface area contributed by atoms with Crippen molar-refractivity contribution < 1.29 is 9.90 Å². The Morgan fingerprint density at radius 2 is 2.00 bits per heavy atom. The van der Waals surface area contributed by atoms with Crippen LogP contribution < -0.4 is 4.90 Å². The lowest BCUT2D eigenvalue weighted by Crippen LogP contribution is -2.35. The maximum atomic E-state index is 11.2. The second kappa shape index (κ2) is 4.69. The molecule has 0 amide bonds. The summed E-state index contributed by atoms with van der Waals surface area (Å²) >= 11 is 0. The van der Waals surface area contributed by atoms with Crippen molar-refractivity contribution in [2.24, 2.45) is 5.41 Å². The van der Waals surface area contributed by atoms with E-state index in [1.54, 1.807) is 6.07 Å². The van der Waals surface area contributed by atoms with Crippen LogP contribution in [0, 0.1) is 5.41 Å². The molecule has 122 valence electrons. The molecular weight excluding hydrogens is 304 g/mol. The number of aromatic nitrogens is 3. The Kier molecular flexibility index (Phi) is 2.69. The summed E-state index contributed by atoms with van der Waals surface area (Å²) in [5.41, 5.74) is 3.14. The van der Waals surface area contributed by atoms with Crippen molar-refractivity contribution in [1.29, 1.82) is 0 Å². The standard InChI is InChI=1S/C18H18N4O2/c23-17(24)12-10-13-15(19-11-12)22-7-1-2-14(22)16(20-13)21-8-5-18(3-4-18)6-9-21/h1-2,7,10-11H,3-6,8-9H2,(H,23,24). The summed E-state index contributed by atoms with van der Waals surface area (Å²) in [6.07, 6.45) is 8.56. The minimum absolute atomic E-state index is 0.169. The molecule has 4 heterocycles. The van der Waals surface area contributed by atoms with E-state index in [1.165, 1.54) is 31.9 Å². The number of anilines is 1. The van der Waals surface area contributed by atoms with Gasteiger partial charge in [-0.2, -0.15) is 0 Å². The zero-order valence-electron chi connectivity index (χ0n) is 13.3. The van der Waals surface area contributed by atoms with Gasteiger partial charge in [-0.1, -0.05) is 0 Å². The Labute approximate surface area is 138 Å². The summed E-state index contributed by atoms with van der Waals surface area (Å²) in [6.45, 7) is 2.04. The summed E-state index contributed by atoms with van der Waals surface area (Å²) in [5.74, 6) is -0.0404. The van der Waals surface area contributed by atoms with Crippen LogP contribution in [0.1, 0.15) is 36.0 Å². The fourth-order valence-electron chi connectivity index (χ4n) is 3.85. The van der Waals surface area contributed by atoms with Crippen LogP contribution in [0.2, 0.25) is 0 Å². The molecule has 2 fully saturated rings. The number of carboxylic acid groups (broad SMARTS) is 1. The minimum atomic E-state index is -0.978.